The number of benzene rings is 2. The number of fused-ring (bicyclic) bond motifs is 1. The van der Waals surface area contributed by atoms with Crippen LogP contribution in [0.4, 0.5) is 0 Å². The number of aryl methyl sites for hydroxylation is 2. The molecule has 182 valence electrons. The molecule has 0 saturated heterocycles. The number of hydrogen-bond donors (Lipinski definition) is 4. The van der Waals surface area contributed by atoms with Crippen LogP contribution in [0.15, 0.2) is 54.6 Å². The first-order valence-electron chi connectivity index (χ1n) is 12.2. The van der Waals surface area contributed by atoms with Crippen molar-refractivity contribution in [2.24, 2.45) is 11.8 Å². The third-order valence-corrected chi connectivity index (χ3v) is 5.62. The van der Waals surface area contributed by atoms with Gasteiger partial charge in [-0.1, -0.05) is 68.4 Å². The van der Waals surface area contributed by atoms with Crippen LogP contribution >= 0.6 is 0 Å². The van der Waals surface area contributed by atoms with Crippen molar-refractivity contribution in [1.29, 1.82) is 0 Å². The Morgan fingerprint density at radius 1 is 0.970 bits per heavy atom. The highest BCUT2D eigenvalue weighted by Gasteiger charge is 2.26. The van der Waals surface area contributed by atoms with Crippen molar-refractivity contribution < 1.29 is 15.0 Å². The molecule has 0 spiro atoms. The summed E-state index contributed by atoms with van der Waals surface area (Å²) in [6.07, 6.45) is 4.24. The second-order valence-electron chi connectivity index (χ2n) is 10.00. The predicted molar refractivity (Wildman–Crippen MR) is 135 cm³/mol. The number of carbonyl (C=O) groups excluding carboxylic acids is 1. The molecular weight excluding hydrogens is 412 g/mol. The van der Waals surface area contributed by atoms with Crippen LogP contribution in [-0.2, 0) is 24.1 Å². The van der Waals surface area contributed by atoms with Gasteiger partial charge in [-0.05, 0) is 75.1 Å². The van der Waals surface area contributed by atoms with Gasteiger partial charge in [0.2, 0.25) is 5.91 Å². The van der Waals surface area contributed by atoms with Crippen LogP contribution in [-0.4, -0.2) is 41.0 Å². The zero-order valence-electron chi connectivity index (χ0n) is 20.7. The van der Waals surface area contributed by atoms with Gasteiger partial charge >= 0.3 is 0 Å². The molecule has 0 radical (unpaired) electrons. The van der Waals surface area contributed by atoms with Crippen molar-refractivity contribution in [3.63, 3.8) is 0 Å². The molecule has 5 nitrogen and oxygen atoms in total. The molecule has 1 aliphatic rings. The highest BCUT2D eigenvalue weighted by Crippen LogP contribution is 2.20. The maximum Gasteiger partial charge on any atom is 0.225 e. The number of rotatable bonds is 10. The van der Waals surface area contributed by atoms with E-state index < -0.39 is 17.7 Å². The van der Waals surface area contributed by atoms with E-state index in [9.17, 15) is 15.0 Å². The maximum absolute atomic E-state index is 12.5. The molecule has 33 heavy (non-hydrogen) atoms. The predicted octanol–water partition coefficient (Wildman–Crippen LogP) is 3.86. The van der Waals surface area contributed by atoms with Gasteiger partial charge in [0.05, 0.1) is 6.10 Å². The molecule has 3 rings (SSSR count). The van der Waals surface area contributed by atoms with E-state index in [1.165, 1.54) is 33.1 Å². The van der Waals surface area contributed by atoms with Crippen molar-refractivity contribution in [1.82, 2.24) is 10.6 Å². The van der Waals surface area contributed by atoms with Gasteiger partial charge < -0.3 is 20.8 Å². The summed E-state index contributed by atoms with van der Waals surface area (Å²) in [5.41, 5.74) is 2.90. The van der Waals surface area contributed by atoms with Crippen LogP contribution in [0.3, 0.4) is 0 Å². The summed E-state index contributed by atoms with van der Waals surface area (Å²) in [6, 6.07) is 18.5. The first kappa shape index (κ1) is 27.0. The van der Waals surface area contributed by atoms with Crippen LogP contribution in [0.1, 0.15) is 57.2 Å². The summed E-state index contributed by atoms with van der Waals surface area (Å²) in [5, 5.41) is 25.9. The van der Waals surface area contributed by atoms with E-state index in [0.717, 1.165) is 12.1 Å². The van der Waals surface area contributed by atoms with Crippen LogP contribution in [0.25, 0.3) is 0 Å². The minimum Gasteiger partial charge on any atom is -0.392 e. The average Bonchev–Trinajstić information content (AvgIpc) is 3.22. The Morgan fingerprint density at radius 3 is 2.09 bits per heavy atom. The SMILES string of the molecule is CC(C)CNC[C@@H](O)C[C@@H](Cc1ccccc1)C(=O)NC(C)(C)O.c1ccc2c(c1)CCC2. The van der Waals surface area contributed by atoms with Gasteiger partial charge in [0.25, 0.3) is 0 Å². The lowest BCUT2D eigenvalue weighted by atomic mass is 9.92. The van der Waals surface area contributed by atoms with E-state index >= 15 is 0 Å². The van der Waals surface area contributed by atoms with Gasteiger partial charge in [-0.2, -0.15) is 0 Å². The molecule has 0 fully saturated rings. The smallest absolute Gasteiger partial charge is 0.225 e. The molecule has 0 aromatic heterocycles. The normalized spacial score (nSPS) is 14.8. The van der Waals surface area contributed by atoms with Crippen molar-refractivity contribution in [2.45, 2.75) is 71.6 Å². The van der Waals surface area contributed by atoms with E-state index in [4.69, 9.17) is 0 Å². The van der Waals surface area contributed by atoms with E-state index in [1.807, 2.05) is 30.3 Å². The molecule has 1 amide bonds. The lowest BCUT2D eigenvalue weighted by Crippen LogP contribution is -2.47. The minimum atomic E-state index is -1.27. The van der Waals surface area contributed by atoms with Crippen molar-refractivity contribution in [3.8, 4) is 0 Å². The fourth-order valence-corrected chi connectivity index (χ4v) is 4.05. The van der Waals surface area contributed by atoms with E-state index in [2.05, 4.69) is 48.7 Å². The highest BCUT2D eigenvalue weighted by molar-refractivity contribution is 5.79. The second-order valence-corrected chi connectivity index (χ2v) is 10.00. The Hall–Kier alpha value is -2.21. The van der Waals surface area contributed by atoms with E-state index in [1.54, 1.807) is 11.1 Å². The number of nitrogens with one attached hydrogen (secondary N) is 2. The lowest BCUT2D eigenvalue weighted by molar-refractivity contribution is -0.132. The zero-order valence-corrected chi connectivity index (χ0v) is 20.7. The number of amides is 1. The summed E-state index contributed by atoms with van der Waals surface area (Å²) >= 11 is 0. The Balaban J connectivity index is 0.000000349. The molecule has 1 aliphatic carbocycles. The first-order valence-corrected chi connectivity index (χ1v) is 12.2. The van der Waals surface area contributed by atoms with Crippen LogP contribution < -0.4 is 10.6 Å². The Bertz CT molecular complexity index is 808. The van der Waals surface area contributed by atoms with Gasteiger partial charge in [0.15, 0.2) is 0 Å². The van der Waals surface area contributed by atoms with Crippen LogP contribution in [0.5, 0.6) is 0 Å². The number of aliphatic hydroxyl groups excluding tert-OH is 1. The summed E-state index contributed by atoms with van der Waals surface area (Å²) in [5.74, 6) is -0.125. The van der Waals surface area contributed by atoms with Gasteiger partial charge in [-0.3, -0.25) is 4.79 Å². The Kier molecular flexibility index (Phi) is 11.0. The summed E-state index contributed by atoms with van der Waals surface area (Å²) in [6.45, 7) is 8.56. The minimum absolute atomic E-state index is 0.241. The number of hydrogen-bond acceptors (Lipinski definition) is 4. The third-order valence-electron chi connectivity index (χ3n) is 5.62. The monoisotopic (exact) mass is 454 g/mol. The number of carbonyl (C=O) groups is 1. The Morgan fingerprint density at radius 2 is 1.55 bits per heavy atom. The molecule has 2 aromatic carbocycles. The third kappa shape index (κ3) is 11.0. The lowest BCUT2D eigenvalue weighted by Gasteiger charge is -2.25. The van der Waals surface area contributed by atoms with Gasteiger partial charge in [0.1, 0.15) is 5.72 Å². The summed E-state index contributed by atoms with van der Waals surface area (Å²) in [4.78, 5) is 12.5. The molecular formula is C28H42N2O3. The van der Waals surface area contributed by atoms with Gasteiger partial charge in [0, 0.05) is 12.5 Å². The molecule has 0 aliphatic heterocycles. The second kappa shape index (κ2) is 13.5. The molecule has 5 heteroatoms. The fraction of sp³-hybridized carbons (Fsp3) is 0.536. The summed E-state index contributed by atoms with van der Waals surface area (Å²) < 4.78 is 0. The van der Waals surface area contributed by atoms with Crippen molar-refractivity contribution >= 4 is 5.91 Å². The summed E-state index contributed by atoms with van der Waals surface area (Å²) in [7, 11) is 0. The molecule has 2 atom stereocenters. The first-order chi connectivity index (χ1) is 15.6. The van der Waals surface area contributed by atoms with Gasteiger partial charge in [-0.15, -0.1) is 0 Å². The number of aliphatic hydroxyl groups is 2. The maximum atomic E-state index is 12.5. The van der Waals surface area contributed by atoms with Crippen LogP contribution in [0.2, 0.25) is 0 Å². The van der Waals surface area contributed by atoms with E-state index in [0.29, 0.717) is 25.3 Å². The molecule has 4 N–H and O–H groups in total. The largest absolute Gasteiger partial charge is 0.392 e. The molecule has 2 aromatic rings. The average molecular weight is 455 g/mol. The molecule has 0 unspecified atom stereocenters. The van der Waals surface area contributed by atoms with Crippen LogP contribution in [0, 0.1) is 11.8 Å². The fourth-order valence-electron chi connectivity index (χ4n) is 4.05. The standard InChI is InChI=1S/C19H32N2O3.C9H10/c1-14(2)12-20-13-17(22)11-16(18(23)21-19(3,4)24)10-15-8-6-5-7-9-15;1-2-5-9-7-3-6-8(9)4-1/h5-9,14,16-17,20,22,24H,10-13H2,1-4H3,(H,21,23);1-2,4-5H,3,6-7H2/t16-,17+;/m1./s1. The quantitative estimate of drug-likeness (QED) is 0.411. The van der Waals surface area contributed by atoms with E-state index in [-0.39, 0.29) is 5.91 Å². The zero-order chi connectivity index (χ0) is 24.3. The van der Waals surface area contributed by atoms with Gasteiger partial charge in [-0.25, -0.2) is 0 Å². The Labute approximate surface area is 199 Å². The highest BCUT2D eigenvalue weighted by atomic mass is 16.3. The molecule has 0 heterocycles. The van der Waals surface area contributed by atoms with Crippen molar-refractivity contribution in [2.75, 3.05) is 13.1 Å². The molecule has 0 saturated carbocycles. The molecule has 0 bridgehead atoms. The topological polar surface area (TPSA) is 81.6 Å². The van der Waals surface area contributed by atoms with Crippen molar-refractivity contribution in [3.05, 3.63) is 71.3 Å².